The number of rotatable bonds is 3. The van der Waals surface area contributed by atoms with Gasteiger partial charge in [0.2, 0.25) is 0 Å². The zero-order valence-corrected chi connectivity index (χ0v) is 9.50. The zero-order chi connectivity index (χ0) is 9.90. The lowest BCUT2D eigenvalue weighted by molar-refractivity contribution is 0.468. The second-order valence-electron chi connectivity index (χ2n) is 2.45. The van der Waals surface area contributed by atoms with Gasteiger partial charge in [0.15, 0.2) is 0 Å². The molecule has 0 bridgehead atoms. The molecule has 0 fully saturated rings. The Morgan fingerprint density at radius 1 is 1.46 bits per heavy atom. The summed E-state index contributed by atoms with van der Waals surface area (Å²) in [6.45, 7) is 0. The molecule has 0 aliphatic rings. The van der Waals surface area contributed by atoms with Crippen LogP contribution >= 0.6 is 17.9 Å². The van der Waals surface area contributed by atoms with Gasteiger partial charge in [-0.05, 0) is 24.3 Å². The van der Waals surface area contributed by atoms with Gasteiger partial charge < -0.3 is 4.52 Å². The van der Waals surface area contributed by atoms with E-state index >= 15 is 0 Å². The Morgan fingerprint density at radius 2 is 2.00 bits per heavy atom. The summed E-state index contributed by atoms with van der Waals surface area (Å²) < 4.78 is 17.8. The van der Waals surface area contributed by atoms with E-state index in [1.807, 2.05) is 0 Å². The third-order valence-electron chi connectivity index (χ3n) is 1.67. The summed E-state index contributed by atoms with van der Waals surface area (Å²) in [5.41, 5.74) is 0.268. The standard InChI is InChI=1S/C8H9ClFOPS/c1-11-12(13,6-9)8-4-2-7(10)3-5-8/h2-5H,6H2,1H3. The molecule has 0 radical (unpaired) electrons. The molecule has 0 saturated carbocycles. The van der Waals surface area contributed by atoms with Gasteiger partial charge in [-0.2, -0.15) is 0 Å². The van der Waals surface area contributed by atoms with Crippen LogP contribution in [0, 0.1) is 5.82 Å². The van der Waals surface area contributed by atoms with Gasteiger partial charge in [-0.3, -0.25) is 0 Å². The summed E-state index contributed by atoms with van der Waals surface area (Å²) in [6, 6.07) is 5.98. The molecule has 0 saturated heterocycles. The number of benzene rings is 1. The Hall–Kier alpha value is 0.0500. The van der Waals surface area contributed by atoms with E-state index < -0.39 is 6.26 Å². The molecule has 0 aliphatic carbocycles. The summed E-state index contributed by atoms with van der Waals surface area (Å²) >= 11 is 11.0. The van der Waals surface area contributed by atoms with E-state index in [1.54, 1.807) is 12.1 Å². The second-order valence-corrected chi connectivity index (χ2v) is 7.41. The normalized spacial score (nSPS) is 15.3. The predicted molar refractivity (Wildman–Crippen MR) is 58.0 cm³/mol. The average molecular weight is 239 g/mol. The number of hydrogen-bond acceptors (Lipinski definition) is 2. The second kappa shape index (κ2) is 4.52. The van der Waals surface area contributed by atoms with Crippen molar-refractivity contribution in [1.29, 1.82) is 0 Å². The maximum atomic E-state index is 12.6. The molecule has 1 nitrogen and oxygen atoms in total. The van der Waals surface area contributed by atoms with E-state index in [9.17, 15) is 4.39 Å². The molecule has 0 spiro atoms. The third-order valence-corrected chi connectivity index (χ3v) is 6.56. The van der Waals surface area contributed by atoms with Crippen molar-refractivity contribution in [3.63, 3.8) is 0 Å². The topological polar surface area (TPSA) is 9.23 Å². The van der Waals surface area contributed by atoms with E-state index in [0.717, 1.165) is 5.30 Å². The van der Waals surface area contributed by atoms with Crippen LogP contribution in [0.5, 0.6) is 0 Å². The molecule has 0 N–H and O–H groups in total. The Labute approximate surface area is 87.0 Å². The first-order valence-electron chi connectivity index (χ1n) is 3.59. The minimum Gasteiger partial charge on any atom is -0.348 e. The lowest BCUT2D eigenvalue weighted by atomic mass is 10.4. The Kier molecular flexibility index (Phi) is 3.87. The van der Waals surface area contributed by atoms with Gasteiger partial charge in [-0.1, -0.05) is 11.8 Å². The molecule has 0 heterocycles. The van der Waals surface area contributed by atoms with Crippen molar-refractivity contribution < 1.29 is 8.91 Å². The highest BCUT2D eigenvalue weighted by Crippen LogP contribution is 2.45. The van der Waals surface area contributed by atoms with Crippen LogP contribution in [0.1, 0.15) is 0 Å². The van der Waals surface area contributed by atoms with Crippen LogP contribution in [0.25, 0.3) is 0 Å². The quantitative estimate of drug-likeness (QED) is 0.592. The Morgan fingerprint density at radius 3 is 2.38 bits per heavy atom. The molecule has 0 aliphatic heterocycles. The first-order valence-corrected chi connectivity index (χ1v) is 7.03. The molecular weight excluding hydrogens is 230 g/mol. The van der Waals surface area contributed by atoms with Crippen LogP contribution in [-0.2, 0) is 16.3 Å². The van der Waals surface area contributed by atoms with E-state index in [4.69, 9.17) is 27.9 Å². The highest BCUT2D eigenvalue weighted by Gasteiger charge is 2.17. The smallest absolute Gasteiger partial charge is 0.123 e. The summed E-state index contributed by atoms with van der Waals surface area (Å²) in [7, 11) is 1.53. The van der Waals surface area contributed by atoms with Crippen LogP contribution in [0.15, 0.2) is 24.3 Å². The van der Waals surface area contributed by atoms with Crippen molar-refractivity contribution in [2.75, 3.05) is 12.7 Å². The molecule has 1 rings (SSSR count). The van der Waals surface area contributed by atoms with Gasteiger partial charge >= 0.3 is 0 Å². The summed E-state index contributed by atoms with van der Waals surface area (Å²) in [5.74, 6) is -0.282. The lowest BCUT2D eigenvalue weighted by Crippen LogP contribution is -2.06. The molecule has 72 valence electrons. The van der Waals surface area contributed by atoms with Crippen molar-refractivity contribution in [1.82, 2.24) is 0 Å². The fraction of sp³-hybridized carbons (Fsp3) is 0.250. The molecule has 0 amide bonds. The van der Waals surface area contributed by atoms with Gasteiger partial charge in [0.05, 0.1) is 5.62 Å². The number of hydrogen-bond donors (Lipinski definition) is 0. The summed E-state index contributed by atoms with van der Waals surface area (Å²) in [6.07, 6.45) is -2.12. The van der Waals surface area contributed by atoms with Crippen molar-refractivity contribution in [3.8, 4) is 0 Å². The first-order chi connectivity index (χ1) is 6.12. The average Bonchev–Trinajstić information content (AvgIpc) is 2.18. The van der Waals surface area contributed by atoms with E-state index in [2.05, 4.69) is 0 Å². The number of alkyl halides is 1. The first kappa shape index (κ1) is 11.1. The van der Waals surface area contributed by atoms with Crippen LogP contribution in [-0.4, -0.2) is 12.7 Å². The fourth-order valence-electron chi connectivity index (χ4n) is 0.891. The molecule has 5 heteroatoms. The molecule has 1 unspecified atom stereocenters. The van der Waals surface area contributed by atoms with Crippen LogP contribution in [0.4, 0.5) is 4.39 Å². The van der Waals surface area contributed by atoms with Crippen LogP contribution in [0.2, 0.25) is 0 Å². The monoisotopic (exact) mass is 238 g/mol. The van der Waals surface area contributed by atoms with E-state index in [1.165, 1.54) is 19.2 Å². The maximum Gasteiger partial charge on any atom is 0.123 e. The minimum absolute atomic E-state index is 0.268. The van der Waals surface area contributed by atoms with E-state index in [0.29, 0.717) is 0 Å². The Bertz CT molecular complexity index is 319. The molecule has 1 aromatic carbocycles. The molecule has 0 aromatic heterocycles. The van der Waals surface area contributed by atoms with Crippen LogP contribution in [0.3, 0.4) is 0 Å². The van der Waals surface area contributed by atoms with Crippen molar-refractivity contribution >= 4 is 35.0 Å². The predicted octanol–water partition coefficient (Wildman–Crippen LogP) is 2.69. The molecular formula is C8H9ClFOPS. The maximum absolute atomic E-state index is 12.6. The van der Waals surface area contributed by atoms with Gasteiger partial charge in [-0.15, -0.1) is 11.6 Å². The van der Waals surface area contributed by atoms with Gasteiger partial charge in [-0.25, -0.2) is 4.39 Å². The van der Waals surface area contributed by atoms with Crippen molar-refractivity contribution in [2.45, 2.75) is 0 Å². The van der Waals surface area contributed by atoms with Gasteiger partial charge in [0.1, 0.15) is 12.1 Å². The van der Waals surface area contributed by atoms with Crippen molar-refractivity contribution in [3.05, 3.63) is 30.1 Å². The zero-order valence-electron chi connectivity index (χ0n) is 7.04. The van der Waals surface area contributed by atoms with Crippen LogP contribution < -0.4 is 5.30 Å². The Balaban J connectivity index is 3.07. The minimum atomic E-state index is -2.12. The largest absolute Gasteiger partial charge is 0.348 e. The van der Waals surface area contributed by atoms with E-state index in [-0.39, 0.29) is 11.4 Å². The molecule has 1 atom stereocenters. The summed E-state index contributed by atoms with van der Waals surface area (Å²) in [4.78, 5) is 0. The number of halogens is 2. The van der Waals surface area contributed by atoms with Gasteiger partial charge in [0.25, 0.3) is 0 Å². The van der Waals surface area contributed by atoms with Gasteiger partial charge in [0, 0.05) is 12.4 Å². The third kappa shape index (κ3) is 2.50. The lowest BCUT2D eigenvalue weighted by Gasteiger charge is -2.16. The van der Waals surface area contributed by atoms with Crippen molar-refractivity contribution in [2.24, 2.45) is 0 Å². The highest BCUT2D eigenvalue weighted by molar-refractivity contribution is 8.16. The molecule has 13 heavy (non-hydrogen) atoms. The highest BCUT2D eigenvalue weighted by atomic mass is 35.5. The molecule has 1 aromatic rings. The fourth-order valence-corrected chi connectivity index (χ4v) is 3.01. The SMILES string of the molecule is COP(=S)(CCl)c1ccc(F)cc1. The summed E-state index contributed by atoms with van der Waals surface area (Å²) in [5, 5.41) is 0.807.